The third-order valence-corrected chi connectivity index (χ3v) is 4.87. The summed E-state index contributed by atoms with van der Waals surface area (Å²) in [6.07, 6.45) is 0. The first-order valence-corrected chi connectivity index (χ1v) is 9.19. The predicted molar refractivity (Wildman–Crippen MR) is 101 cm³/mol. The molecule has 0 spiro atoms. The maximum atomic E-state index is 11.2. The fourth-order valence-electron chi connectivity index (χ4n) is 3.12. The Morgan fingerprint density at radius 2 is 1.84 bits per heavy atom. The SMILES string of the molecule is CCN(CC)CCOc1ccc([N+](=O)[O-])cc1N1CCN(CC)CC1. The lowest BCUT2D eigenvalue weighted by Gasteiger charge is -2.36. The van der Waals surface area contributed by atoms with E-state index in [9.17, 15) is 10.1 Å². The topological polar surface area (TPSA) is 62.1 Å². The maximum absolute atomic E-state index is 11.2. The van der Waals surface area contributed by atoms with Gasteiger partial charge in [-0.05, 0) is 25.7 Å². The zero-order valence-corrected chi connectivity index (χ0v) is 15.6. The Balaban J connectivity index is 2.11. The van der Waals surface area contributed by atoms with E-state index >= 15 is 0 Å². The number of ether oxygens (including phenoxy) is 1. The van der Waals surface area contributed by atoms with E-state index in [1.807, 2.05) is 0 Å². The van der Waals surface area contributed by atoms with Crippen LogP contribution in [0.3, 0.4) is 0 Å². The Bertz CT molecular complexity index is 555. The van der Waals surface area contributed by atoms with Gasteiger partial charge in [0.25, 0.3) is 5.69 Å². The highest BCUT2D eigenvalue weighted by Gasteiger charge is 2.21. The molecule has 1 aromatic carbocycles. The normalized spacial score (nSPS) is 15.6. The summed E-state index contributed by atoms with van der Waals surface area (Å²) in [7, 11) is 0. The molecule has 0 unspecified atom stereocenters. The first kappa shape index (κ1) is 19.5. The summed E-state index contributed by atoms with van der Waals surface area (Å²) in [4.78, 5) is 17.7. The average molecular weight is 350 g/mol. The van der Waals surface area contributed by atoms with Crippen LogP contribution in [0, 0.1) is 10.1 Å². The molecule has 0 aliphatic carbocycles. The summed E-state index contributed by atoms with van der Waals surface area (Å²) in [5, 5.41) is 11.2. The molecule has 25 heavy (non-hydrogen) atoms. The van der Waals surface area contributed by atoms with Gasteiger partial charge in [-0.1, -0.05) is 20.8 Å². The lowest BCUT2D eigenvalue weighted by Crippen LogP contribution is -2.46. The van der Waals surface area contributed by atoms with Crippen molar-refractivity contribution in [3.63, 3.8) is 0 Å². The fraction of sp³-hybridized carbons (Fsp3) is 0.667. The number of likely N-dealkylation sites (N-methyl/N-ethyl adjacent to an activating group) is 2. The van der Waals surface area contributed by atoms with Gasteiger partial charge < -0.3 is 19.4 Å². The number of hydrogen-bond acceptors (Lipinski definition) is 6. The van der Waals surface area contributed by atoms with Gasteiger partial charge in [0.1, 0.15) is 12.4 Å². The van der Waals surface area contributed by atoms with Crippen molar-refractivity contribution < 1.29 is 9.66 Å². The highest BCUT2D eigenvalue weighted by atomic mass is 16.6. The second-order valence-electron chi connectivity index (χ2n) is 6.21. The Hall–Kier alpha value is -1.86. The molecule has 0 saturated carbocycles. The van der Waals surface area contributed by atoms with Gasteiger partial charge in [-0.15, -0.1) is 0 Å². The molecule has 7 nitrogen and oxygen atoms in total. The Morgan fingerprint density at radius 1 is 1.16 bits per heavy atom. The van der Waals surface area contributed by atoms with Crippen LogP contribution in [0.5, 0.6) is 5.75 Å². The molecular formula is C18H30N4O3. The molecule has 1 saturated heterocycles. The van der Waals surface area contributed by atoms with Gasteiger partial charge in [0.15, 0.2) is 0 Å². The minimum Gasteiger partial charge on any atom is -0.490 e. The number of non-ortho nitro benzene ring substituents is 1. The molecular weight excluding hydrogens is 320 g/mol. The van der Waals surface area contributed by atoms with Crippen molar-refractivity contribution in [1.82, 2.24) is 9.80 Å². The van der Waals surface area contributed by atoms with Gasteiger partial charge in [-0.25, -0.2) is 0 Å². The van der Waals surface area contributed by atoms with E-state index < -0.39 is 0 Å². The smallest absolute Gasteiger partial charge is 0.271 e. The molecule has 1 aromatic rings. The van der Waals surface area contributed by atoms with Gasteiger partial charge in [0.2, 0.25) is 0 Å². The molecule has 1 aliphatic rings. The zero-order valence-electron chi connectivity index (χ0n) is 15.6. The van der Waals surface area contributed by atoms with Crippen LogP contribution in [0.2, 0.25) is 0 Å². The molecule has 1 aliphatic heterocycles. The van der Waals surface area contributed by atoms with E-state index in [4.69, 9.17) is 4.74 Å². The van der Waals surface area contributed by atoms with Crippen LogP contribution in [0.1, 0.15) is 20.8 Å². The summed E-state index contributed by atoms with van der Waals surface area (Å²) in [5.41, 5.74) is 0.952. The van der Waals surface area contributed by atoms with E-state index in [1.165, 1.54) is 6.07 Å². The number of nitrogens with zero attached hydrogens (tertiary/aromatic N) is 4. The van der Waals surface area contributed by atoms with Crippen LogP contribution in [0.15, 0.2) is 18.2 Å². The zero-order chi connectivity index (χ0) is 18.2. The first-order valence-electron chi connectivity index (χ1n) is 9.19. The maximum Gasteiger partial charge on any atom is 0.271 e. The Kier molecular flexibility index (Phi) is 7.46. The molecule has 2 rings (SSSR count). The Labute approximate surface area is 150 Å². The summed E-state index contributed by atoms with van der Waals surface area (Å²) >= 11 is 0. The van der Waals surface area contributed by atoms with Crippen LogP contribution in [-0.2, 0) is 0 Å². The minimum atomic E-state index is -0.342. The fourth-order valence-corrected chi connectivity index (χ4v) is 3.12. The van der Waals surface area contributed by atoms with Gasteiger partial charge in [0, 0.05) is 44.9 Å². The highest BCUT2D eigenvalue weighted by Crippen LogP contribution is 2.33. The lowest BCUT2D eigenvalue weighted by atomic mass is 10.2. The molecule has 0 radical (unpaired) electrons. The van der Waals surface area contributed by atoms with E-state index in [0.717, 1.165) is 63.8 Å². The summed E-state index contributed by atoms with van der Waals surface area (Å²) in [5.74, 6) is 0.739. The van der Waals surface area contributed by atoms with E-state index in [0.29, 0.717) is 6.61 Å². The molecule has 7 heteroatoms. The van der Waals surface area contributed by atoms with E-state index in [1.54, 1.807) is 12.1 Å². The van der Waals surface area contributed by atoms with Crippen molar-refractivity contribution in [2.24, 2.45) is 0 Å². The molecule has 0 amide bonds. The average Bonchev–Trinajstić information content (AvgIpc) is 2.65. The number of hydrogen-bond donors (Lipinski definition) is 0. The summed E-state index contributed by atoms with van der Waals surface area (Å²) in [6.45, 7) is 14.5. The number of piperazine rings is 1. The van der Waals surface area contributed by atoms with Crippen LogP contribution in [0.4, 0.5) is 11.4 Å². The molecule has 0 aromatic heterocycles. The second-order valence-corrected chi connectivity index (χ2v) is 6.21. The molecule has 0 bridgehead atoms. The Morgan fingerprint density at radius 3 is 2.40 bits per heavy atom. The van der Waals surface area contributed by atoms with Crippen LogP contribution >= 0.6 is 0 Å². The van der Waals surface area contributed by atoms with Gasteiger partial charge in [-0.2, -0.15) is 0 Å². The van der Waals surface area contributed by atoms with Crippen molar-refractivity contribution in [3.05, 3.63) is 28.3 Å². The number of nitro groups is 1. The van der Waals surface area contributed by atoms with Crippen molar-refractivity contribution in [2.45, 2.75) is 20.8 Å². The second kappa shape index (κ2) is 9.58. The largest absolute Gasteiger partial charge is 0.490 e. The van der Waals surface area contributed by atoms with Crippen molar-refractivity contribution in [2.75, 3.05) is 63.9 Å². The monoisotopic (exact) mass is 350 g/mol. The number of anilines is 1. The van der Waals surface area contributed by atoms with Gasteiger partial charge >= 0.3 is 0 Å². The quantitative estimate of drug-likeness (QED) is 0.504. The summed E-state index contributed by atoms with van der Waals surface area (Å²) < 4.78 is 5.99. The minimum absolute atomic E-state index is 0.115. The molecule has 140 valence electrons. The molecule has 0 N–H and O–H groups in total. The van der Waals surface area contributed by atoms with Gasteiger partial charge in [-0.3, -0.25) is 10.1 Å². The number of benzene rings is 1. The van der Waals surface area contributed by atoms with Crippen LogP contribution in [-0.4, -0.2) is 73.7 Å². The highest BCUT2D eigenvalue weighted by molar-refractivity contribution is 5.63. The van der Waals surface area contributed by atoms with Crippen LogP contribution < -0.4 is 9.64 Å². The third kappa shape index (κ3) is 5.31. The lowest BCUT2D eigenvalue weighted by molar-refractivity contribution is -0.384. The standard InChI is InChI=1S/C18H30N4O3/c1-4-19(5-2)13-14-25-18-8-7-16(22(23)24)15-17(18)21-11-9-20(6-3)10-12-21/h7-8,15H,4-6,9-14H2,1-3H3. The number of nitro benzene ring substituents is 1. The van der Waals surface area contributed by atoms with Crippen molar-refractivity contribution >= 4 is 11.4 Å². The predicted octanol–water partition coefficient (Wildman–Crippen LogP) is 2.46. The van der Waals surface area contributed by atoms with Crippen LogP contribution in [0.25, 0.3) is 0 Å². The molecule has 1 heterocycles. The van der Waals surface area contributed by atoms with Gasteiger partial charge in [0.05, 0.1) is 10.6 Å². The third-order valence-electron chi connectivity index (χ3n) is 4.87. The number of rotatable bonds is 9. The van der Waals surface area contributed by atoms with Crippen molar-refractivity contribution in [3.8, 4) is 5.75 Å². The summed E-state index contributed by atoms with van der Waals surface area (Å²) in [6, 6.07) is 4.91. The van der Waals surface area contributed by atoms with Crippen molar-refractivity contribution in [1.29, 1.82) is 0 Å². The van der Waals surface area contributed by atoms with E-state index in [2.05, 4.69) is 35.5 Å². The molecule has 0 atom stereocenters. The molecule has 1 fully saturated rings. The first-order chi connectivity index (χ1) is 12.1. The van der Waals surface area contributed by atoms with E-state index in [-0.39, 0.29) is 10.6 Å².